The molecule has 3 aliphatic heterocycles. The number of rotatable bonds is 4. The van der Waals surface area contributed by atoms with E-state index in [9.17, 15) is 27.6 Å². The van der Waals surface area contributed by atoms with Crippen molar-refractivity contribution >= 4 is 44.7 Å². The Hall–Kier alpha value is -4.20. The summed E-state index contributed by atoms with van der Waals surface area (Å²) in [5.74, 6) is -1.47. The second-order valence-electron chi connectivity index (χ2n) is 15.6. The molecule has 3 fully saturated rings. The maximum atomic E-state index is 14.6. The van der Waals surface area contributed by atoms with E-state index in [-0.39, 0.29) is 19.4 Å². The Morgan fingerprint density at radius 2 is 1.84 bits per heavy atom. The number of hydrogen-bond donors (Lipinski definition) is 3. The van der Waals surface area contributed by atoms with Gasteiger partial charge in [0, 0.05) is 37.4 Å². The van der Waals surface area contributed by atoms with Crippen molar-refractivity contribution in [3.05, 3.63) is 47.7 Å². The lowest BCUT2D eigenvalue weighted by molar-refractivity contribution is -0.141. The number of para-hydroxylation sites is 1. The highest BCUT2D eigenvalue weighted by atomic mass is 32.2. The number of fused-ring (bicyclic) bond motifs is 5. The lowest BCUT2D eigenvalue weighted by Gasteiger charge is -2.36. The van der Waals surface area contributed by atoms with Crippen LogP contribution in [0.1, 0.15) is 82.4 Å². The van der Waals surface area contributed by atoms with Crippen molar-refractivity contribution in [3.63, 3.8) is 0 Å². The molecule has 13 nitrogen and oxygen atoms in total. The minimum absolute atomic E-state index is 0.0965. The van der Waals surface area contributed by atoms with Gasteiger partial charge in [-0.05, 0) is 71.3 Å². The number of ether oxygens (including phenoxy) is 1. The number of amides is 5. The van der Waals surface area contributed by atoms with Crippen molar-refractivity contribution in [1.29, 1.82) is 0 Å². The Bertz CT molecular complexity index is 1930. The maximum Gasteiger partial charge on any atom is 0.317 e. The third-order valence-corrected chi connectivity index (χ3v) is 13.7. The van der Waals surface area contributed by atoms with E-state index in [0.717, 1.165) is 35.7 Å². The van der Waals surface area contributed by atoms with Crippen LogP contribution < -0.4 is 20.1 Å². The number of nitrogens with zero attached hydrogens (tertiary/aromatic N) is 3. The molecule has 2 saturated carbocycles. The Morgan fingerprint density at radius 1 is 1.08 bits per heavy atom. The average Bonchev–Trinajstić information content (AvgIpc) is 3.98. The average molecular weight is 721 g/mol. The highest BCUT2D eigenvalue weighted by Crippen LogP contribution is 2.49. The number of sulfonamides is 1. The number of carbonyl (C=O) groups is 4. The normalized spacial score (nSPS) is 30.7. The first-order valence-electron chi connectivity index (χ1n) is 18.1. The summed E-state index contributed by atoms with van der Waals surface area (Å²) >= 11 is 0. The summed E-state index contributed by atoms with van der Waals surface area (Å²) in [6, 6.07) is 5.55. The number of pyridine rings is 1. The molecule has 0 bridgehead atoms. The van der Waals surface area contributed by atoms with Gasteiger partial charge in [-0.1, -0.05) is 43.2 Å². The monoisotopic (exact) mass is 720 g/mol. The second kappa shape index (κ2) is 12.8. The summed E-state index contributed by atoms with van der Waals surface area (Å²) in [6.45, 7) is 3.59. The molecule has 0 radical (unpaired) electrons. The van der Waals surface area contributed by atoms with E-state index >= 15 is 0 Å². The predicted molar refractivity (Wildman–Crippen MR) is 190 cm³/mol. The third kappa shape index (κ3) is 6.44. The number of hydrogen-bond acceptors (Lipinski definition) is 8. The van der Waals surface area contributed by atoms with Gasteiger partial charge >= 0.3 is 6.03 Å². The molecular weight excluding hydrogens is 673 g/mol. The van der Waals surface area contributed by atoms with Gasteiger partial charge in [-0.15, -0.1) is 0 Å². The van der Waals surface area contributed by atoms with E-state index in [4.69, 9.17) is 9.72 Å². The van der Waals surface area contributed by atoms with Crippen LogP contribution in [0.2, 0.25) is 0 Å². The first kappa shape index (κ1) is 35.2. The molecule has 7 rings (SSSR count). The largest absolute Gasteiger partial charge is 0.483 e. The molecule has 2 aliphatic carbocycles. The van der Waals surface area contributed by atoms with E-state index in [2.05, 4.69) is 15.4 Å². The molecule has 4 heterocycles. The van der Waals surface area contributed by atoms with Crippen LogP contribution in [0.5, 0.6) is 5.75 Å². The molecule has 1 aromatic carbocycles. The van der Waals surface area contributed by atoms with E-state index in [1.165, 1.54) is 9.80 Å². The summed E-state index contributed by atoms with van der Waals surface area (Å²) in [5, 5.41) is 6.83. The van der Waals surface area contributed by atoms with Crippen LogP contribution in [0.25, 0.3) is 10.9 Å². The van der Waals surface area contributed by atoms with Crippen LogP contribution in [-0.4, -0.2) is 95.6 Å². The Morgan fingerprint density at radius 3 is 2.59 bits per heavy atom. The molecule has 274 valence electrons. The van der Waals surface area contributed by atoms with Crippen molar-refractivity contribution in [2.24, 2.45) is 5.92 Å². The van der Waals surface area contributed by atoms with Gasteiger partial charge in [-0.2, -0.15) is 0 Å². The first-order chi connectivity index (χ1) is 24.2. The highest BCUT2D eigenvalue weighted by molar-refractivity contribution is 7.91. The number of carbonyl (C=O) groups excluding carboxylic acids is 4. The fourth-order valence-electron chi connectivity index (χ4n) is 7.92. The van der Waals surface area contributed by atoms with Crippen LogP contribution in [0.3, 0.4) is 0 Å². The van der Waals surface area contributed by atoms with Crippen LogP contribution in [0.4, 0.5) is 4.79 Å². The minimum Gasteiger partial charge on any atom is -0.483 e. The highest BCUT2D eigenvalue weighted by Gasteiger charge is 2.64. The maximum absolute atomic E-state index is 14.6. The molecule has 1 aromatic heterocycles. The topological polar surface area (TPSA) is 167 Å². The lowest BCUT2D eigenvalue weighted by atomic mass is 9.87. The zero-order valence-corrected chi connectivity index (χ0v) is 30.6. The number of aromatic nitrogens is 1. The molecule has 0 unspecified atom stereocenters. The second-order valence-corrected chi connectivity index (χ2v) is 17.8. The van der Waals surface area contributed by atoms with Gasteiger partial charge in [-0.25, -0.2) is 18.2 Å². The summed E-state index contributed by atoms with van der Waals surface area (Å²) in [4.78, 5) is 63.5. The Balaban J connectivity index is 1.24. The molecule has 5 aliphatic rings. The van der Waals surface area contributed by atoms with Gasteiger partial charge in [0.05, 0.1) is 22.5 Å². The van der Waals surface area contributed by atoms with Crippen LogP contribution in [-0.2, 0) is 30.8 Å². The van der Waals surface area contributed by atoms with Crippen molar-refractivity contribution in [2.75, 3.05) is 20.6 Å². The van der Waals surface area contributed by atoms with Crippen molar-refractivity contribution < 1.29 is 32.3 Å². The minimum atomic E-state index is -3.96. The predicted octanol–water partition coefficient (Wildman–Crippen LogP) is 3.24. The number of nitrogens with one attached hydrogen (secondary N) is 3. The van der Waals surface area contributed by atoms with Gasteiger partial charge in [0.1, 0.15) is 29.0 Å². The summed E-state index contributed by atoms with van der Waals surface area (Å²) in [5.41, 5.74) is 0.218. The summed E-state index contributed by atoms with van der Waals surface area (Å²) in [6.07, 6.45) is 9.79. The number of aryl methyl sites for hydroxylation is 2. The molecule has 1 saturated heterocycles. The molecule has 14 heteroatoms. The standard InChI is InChI=1S/C37H48N6O7S/c1-23-30-26(25-13-10-11-14-27(25)38-23)16-17-36(50-30)21-29-31(44)40-37(33(46)41-51(48,49)35(2)18-19-35)20-24(37)12-8-6-5-7-9-15-28(32(45)43(29)22-36)39-34(47)42(3)4/h8,10-14,24,28-29H,5-7,9,15-22H2,1-4H3,(H,39,47)(H,40,44)(H,41,46)/b12-8-/t24-,28+,29+,36-,37-/m1/s1. The SMILES string of the molecule is Cc1nc2ccccc2c2c1O[C@]1(CC2)C[C@H]2C(=O)N[C@]3(C(=O)NS(=O)(=O)C4(C)CC4)C[C@H]3/C=C\CCCCC[C@H](NC(=O)N(C)C)C(=O)N2C1. The van der Waals surface area contributed by atoms with Gasteiger partial charge in [0.2, 0.25) is 21.8 Å². The van der Waals surface area contributed by atoms with Crippen LogP contribution >= 0.6 is 0 Å². The Kier molecular flexibility index (Phi) is 8.83. The fraction of sp³-hybridized carbons (Fsp3) is 0.595. The third-order valence-electron chi connectivity index (χ3n) is 11.6. The van der Waals surface area contributed by atoms with Gasteiger partial charge in [-0.3, -0.25) is 19.1 Å². The molecular formula is C37H48N6O7S. The van der Waals surface area contributed by atoms with Crippen LogP contribution in [0, 0.1) is 12.8 Å². The summed E-state index contributed by atoms with van der Waals surface area (Å²) in [7, 11) is -0.753. The smallest absolute Gasteiger partial charge is 0.317 e. The van der Waals surface area contributed by atoms with E-state index < -0.39 is 67.7 Å². The van der Waals surface area contributed by atoms with E-state index in [0.29, 0.717) is 50.0 Å². The van der Waals surface area contributed by atoms with E-state index in [1.54, 1.807) is 21.0 Å². The molecule has 5 atom stereocenters. The molecule has 51 heavy (non-hydrogen) atoms. The molecule has 5 amide bonds. The molecule has 2 aromatic rings. The number of urea groups is 1. The van der Waals surface area contributed by atoms with Gasteiger partial charge < -0.3 is 25.2 Å². The lowest BCUT2D eigenvalue weighted by Crippen LogP contribution is -2.59. The summed E-state index contributed by atoms with van der Waals surface area (Å²) < 4.78 is 34.4. The van der Waals surface area contributed by atoms with Crippen molar-refractivity contribution in [3.8, 4) is 5.75 Å². The van der Waals surface area contributed by atoms with Gasteiger partial charge in [0.15, 0.2) is 0 Å². The molecule has 1 spiro atoms. The van der Waals surface area contributed by atoms with E-state index in [1.807, 2.05) is 43.3 Å². The number of allylic oxidation sites excluding steroid dienone is 1. The van der Waals surface area contributed by atoms with Crippen molar-refractivity contribution in [1.82, 2.24) is 30.1 Å². The zero-order chi connectivity index (χ0) is 36.3. The fourth-order valence-corrected chi connectivity index (χ4v) is 9.23. The quantitative estimate of drug-likeness (QED) is 0.405. The van der Waals surface area contributed by atoms with Gasteiger partial charge in [0.25, 0.3) is 5.91 Å². The first-order valence-corrected chi connectivity index (χ1v) is 19.6. The Labute approximate surface area is 299 Å². The van der Waals surface area contributed by atoms with Crippen molar-refractivity contribution in [2.45, 2.75) is 112 Å². The molecule has 3 N–H and O–H groups in total. The zero-order valence-electron chi connectivity index (χ0n) is 29.8. The van der Waals surface area contributed by atoms with Crippen LogP contribution in [0.15, 0.2) is 36.4 Å². The number of benzene rings is 1.